The Kier molecular flexibility index (Phi) is 4.73. The Balaban J connectivity index is 2.02. The van der Waals surface area contributed by atoms with Gasteiger partial charge in [-0.3, -0.25) is 4.72 Å². The summed E-state index contributed by atoms with van der Waals surface area (Å²) >= 11 is 0. The van der Waals surface area contributed by atoms with Gasteiger partial charge in [-0.2, -0.15) is 10.4 Å². The smallest absolute Gasteiger partial charge is 0.262 e. The van der Waals surface area contributed by atoms with Gasteiger partial charge in [0.15, 0.2) is 5.82 Å². The lowest BCUT2D eigenvalue weighted by Gasteiger charge is -2.11. The Bertz CT molecular complexity index is 1070. The molecule has 0 unspecified atom stereocenters. The van der Waals surface area contributed by atoms with E-state index in [1.165, 1.54) is 47.3 Å². The quantitative estimate of drug-likeness (QED) is 0.747. The Morgan fingerprint density at radius 1 is 1.15 bits per heavy atom. The molecule has 0 aliphatic heterocycles. The summed E-state index contributed by atoms with van der Waals surface area (Å²) in [7, 11) is -3.92. The highest BCUT2D eigenvalue weighted by Crippen LogP contribution is 2.23. The topological polar surface area (TPSA) is 87.8 Å². The molecule has 1 heterocycles. The molecular formula is C18H15FN4O2S. The molecule has 0 radical (unpaired) electrons. The summed E-state index contributed by atoms with van der Waals surface area (Å²) < 4.78 is 42.2. The zero-order valence-corrected chi connectivity index (χ0v) is 14.7. The average Bonchev–Trinajstić information content (AvgIpc) is 3.04. The summed E-state index contributed by atoms with van der Waals surface area (Å²) in [5.41, 5.74) is 1.49. The van der Waals surface area contributed by atoms with E-state index >= 15 is 0 Å². The van der Waals surface area contributed by atoms with Crippen LogP contribution in [-0.4, -0.2) is 18.2 Å². The number of nitriles is 1. The number of benzene rings is 2. The molecule has 0 atom stereocenters. The second-order valence-electron chi connectivity index (χ2n) is 5.51. The predicted molar refractivity (Wildman–Crippen MR) is 94.9 cm³/mol. The van der Waals surface area contributed by atoms with Gasteiger partial charge in [-0.05, 0) is 48.4 Å². The third-order valence-corrected chi connectivity index (χ3v) is 5.19. The molecule has 0 aliphatic rings. The summed E-state index contributed by atoms with van der Waals surface area (Å²) in [5.74, 6) is -0.432. The van der Waals surface area contributed by atoms with Gasteiger partial charge < -0.3 is 0 Å². The van der Waals surface area contributed by atoms with Crippen molar-refractivity contribution in [3.8, 4) is 11.8 Å². The SMILES string of the molecule is CCc1ccc(S(=O)(=O)Nc2c(C#N)cnn2-c2ccc(F)cc2)cc1. The molecule has 0 saturated heterocycles. The maximum absolute atomic E-state index is 13.1. The van der Waals surface area contributed by atoms with E-state index in [-0.39, 0.29) is 16.3 Å². The number of hydrogen-bond acceptors (Lipinski definition) is 4. The van der Waals surface area contributed by atoms with Crippen molar-refractivity contribution in [3.63, 3.8) is 0 Å². The highest BCUT2D eigenvalue weighted by atomic mass is 32.2. The lowest BCUT2D eigenvalue weighted by Crippen LogP contribution is -2.16. The van der Waals surface area contributed by atoms with Crippen molar-refractivity contribution >= 4 is 15.8 Å². The highest BCUT2D eigenvalue weighted by molar-refractivity contribution is 7.92. The molecule has 2 aromatic carbocycles. The first-order valence-electron chi connectivity index (χ1n) is 7.80. The molecule has 132 valence electrons. The molecule has 0 amide bonds. The van der Waals surface area contributed by atoms with Crippen LogP contribution in [-0.2, 0) is 16.4 Å². The van der Waals surface area contributed by atoms with Crippen molar-refractivity contribution in [2.45, 2.75) is 18.2 Å². The van der Waals surface area contributed by atoms with Crippen molar-refractivity contribution < 1.29 is 12.8 Å². The Morgan fingerprint density at radius 3 is 2.38 bits per heavy atom. The second kappa shape index (κ2) is 6.98. The molecule has 0 bridgehead atoms. The third-order valence-electron chi connectivity index (χ3n) is 3.83. The zero-order chi connectivity index (χ0) is 18.7. The van der Waals surface area contributed by atoms with Gasteiger partial charge in [-0.15, -0.1) is 0 Å². The molecule has 1 aromatic heterocycles. The highest BCUT2D eigenvalue weighted by Gasteiger charge is 2.20. The number of hydrogen-bond donors (Lipinski definition) is 1. The first kappa shape index (κ1) is 17.6. The molecule has 0 spiro atoms. The maximum Gasteiger partial charge on any atom is 0.263 e. The molecule has 0 saturated carbocycles. The predicted octanol–water partition coefficient (Wildman–Crippen LogP) is 3.25. The standard InChI is InChI=1S/C18H15FN4O2S/c1-2-13-3-9-17(10-4-13)26(24,25)22-18-14(11-20)12-21-23(18)16-7-5-15(19)6-8-16/h3-10,12,22H,2H2,1H3. The van der Waals surface area contributed by atoms with Crippen LogP contribution >= 0.6 is 0 Å². The largest absolute Gasteiger partial charge is 0.263 e. The van der Waals surface area contributed by atoms with Gasteiger partial charge >= 0.3 is 0 Å². The molecule has 3 aromatic rings. The molecule has 3 rings (SSSR count). The van der Waals surface area contributed by atoms with Gasteiger partial charge in [-0.25, -0.2) is 17.5 Å². The van der Waals surface area contributed by atoms with Gasteiger partial charge in [-0.1, -0.05) is 19.1 Å². The van der Waals surface area contributed by atoms with E-state index in [0.717, 1.165) is 12.0 Å². The van der Waals surface area contributed by atoms with Gasteiger partial charge in [0.2, 0.25) is 0 Å². The minimum absolute atomic E-state index is 0.00123. The number of nitrogens with one attached hydrogen (secondary N) is 1. The monoisotopic (exact) mass is 370 g/mol. The summed E-state index contributed by atoms with van der Waals surface area (Å²) in [6, 6.07) is 13.7. The maximum atomic E-state index is 13.1. The minimum Gasteiger partial charge on any atom is -0.262 e. The second-order valence-corrected chi connectivity index (χ2v) is 7.19. The van der Waals surface area contributed by atoms with E-state index in [1.807, 2.05) is 13.0 Å². The molecular weight excluding hydrogens is 355 g/mol. The number of rotatable bonds is 5. The van der Waals surface area contributed by atoms with Crippen molar-refractivity contribution in [1.29, 1.82) is 5.26 Å². The molecule has 0 aliphatic carbocycles. The number of sulfonamides is 1. The van der Waals surface area contributed by atoms with E-state index in [0.29, 0.717) is 5.69 Å². The fraction of sp³-hybridized carbons (Fsp3) is 0.111. The van der Waals surface area contributed by atoms with Gasteiger partial charge in [0.25, 0.3) is 10.0 Å². The van der Waals surface area contributed by atoms with Crippen LogP contribution in [0.4, 0.5) is 10.2 Å². The summed E-state index contributed by atoms with van der Waals surface area (Å²) in [5, 5.41) is 13.3. The Morgan fingerprint density at radius 2 is 1.81 bits per heavy atom. The van der Waals surface area contributed by atoms with Crippen LogP contribution in [0, 0.1) is 17.1 Å². The summed E-state index contributed by atoms with van der Waals surface area (Å²) in [4.78, 5) is 0.0745. The minimum atomic E-state index is -3.92. The van der Waals surface area contributed by atoms with Crippen molar-refractivity contribution in [3.05, 3.63) is 71.7 Å². The lowest BCUT2D eigenvalue weighted by molar-refractivity contribution is 0.600. The van der Waals surface area contributed by atoms with E-state index in [2.05, 4.69) is 9.82 Å². The van der Waals surface area contributed by atoms with Gasteiger partial charge in [0, 0.05) is 0 Å². The van der Waals surface area contributed by atoms with Crippen molar-refractivity contribution in [2.75, 3.05) is 4.72 Å². The van der Waals surface area contributed by atoms with Crippen molar-refractivity contribution in [2.24, 2.45) is 0 Å². The van der Waals surface area contributed by atoms with E-state index in [4.69, 9.17) is 0 Å². The Hall–Kier alpha value is -3.18. The number of aryl methyl sites for hydroxylation is 1. The van der Waals surface area contributed by atoms with Crippen molar-refractivity contribution in [1.82, 2.24) is 9.78 Å². The lowest BCUT2D eigenvalue weighted by atomic mass is 10.2. The fourth-order valence-electron chi connectivity index (χ4n) is 2.40. The van der Waals surface area contributed by atoms with E-state index < -0.39 is 15.8 Å². The van der Waals surface area contributed by atoms with Gasteiger partial charge in [0.1, 0.15) is 17.4 Å². The first-order valence-corrected chi connectivity index (χ1v) is 9.28. The fourth-order valence-corrected chi connectivity index (χ4v) is 3.46. The molecule has 0 fully saturated rings. The summed E-state index contributed by atoms with van der Waals surface area (Å²) in [6.45, 7) is 1.97. The first-order chi connectivity index (χ1) is 12.4. The number of anilines is 1. The third kappa shape index (κ3) is 3.43. The van der Waals surface area contributed by atoms with E-state index in [9.17, 15) is 18.1 Å². The number of nitrogens with zero attached hydrogens (tertiary/aromatic N) is 3. The van der Waals surface area contributed by atoms with Crippen LogP contribution in [0.3, 0.4) is 0 Å². The number of halogens is 1. The van der Waals surface area contributed by atoms with E-state index in [1.54, 1.807) is 12.1 Å². The zero-order valence-electron chi connectivity index (χ0n) is 13.8. The number of aromatic nitrogens is 2. The molecule has 1 N–H and O–H groups in total. The molecule has 8 heteroatoms. The summed E-state index contributed by atoms with van der Waals surface area (Å²) in [6.07, 6.45) is 2.05. The van der Waals surface area contributed by atoms with Crippen LogP contribution in [0.1, 0.15) is 18.1 Å². The average molecular weight is 370 g/mol. The van der Waals surface area contributed by atoms with Crippen LogP contribution in [0.2, 0.25) is 0 Å². The molecule has 26 heavy (non-hydrogen) atoms. The van der Waals surface area contributed by atoms with Gasteiger partial charge in [0.05, 0.1) is 16.8 Å². The Labute approximate surface area is 150 Å². The van der Waals surface area contributed by atoms with Crippen LogP contribution < -0.4 is 4.72 Å². The van der Waals surface area contributed by atoms with Crippen LogP contribution in [0.25, 0.3) is 5.69 Å². The normalized spacial score (nSPS) is 11.1. The van der Waals surface area contributed by atoms with Crippen LogP contribution in [0.5, 0.6) is 0 Å². The molecule has 6 nitrogen and oxygen atoms in total. The van der Waals surface area contributed by atoms with Crippen LogP contribution in [0.15, 0.2) is 59.6 Å².